The van der Waals surface area contributed by atoms with Crippen LogP contribution in [0.5, 0.6) is 0 Å². The highest BCUT2D eigenvalue weighted by atomic mass is 16.6. The summed E-state index contributed by atoms with van der Waals surface area (Å²) in [7, 11) is 0. The third-order valence-corrected chi connectivity index (χ3v) is 3.58. The first kappa shape index (κ1) is 21.8. The molecule has 1 aromatic carbocycles. The van der Waals surface area contributed by atoms with E-state index < -0.39 is 11.7 Å². The van der Waals surface area contributed by atoms with Crippen molar-refractivity contribution in [3.05, 3.63) is 35.4 Å². The van der Waals surface area contributed by atoms with Gasteiger partial charge in [-0.1, -0.05) is 38.1 Å². The third kappa shape index (κ3) is 8.23. The Labute approximate surface area is 157 Å². The predicted molar refractivity (Wildman–Crippen MR) is 107 cm³/mol. The fourth-order valence-electron chi connectivity index (χ4n) is 2.33. The minimum Gasteiger partial charge on any atom is -0.444 e. The Balaban J connectivity index is 2.95. The molecule has 0 aliphatic rings. The number of guanidine groups is 1. The molecule has 0 saturated carbocycles. The number of benzene rings is 1. The first-order chi connectivity index (χ1) is 12.0. The summed E-state index contributed by atoms with van der Waals surface area (Å²) in [6.45, 7) is 14.1. The van der Waals surface area contributed by atoms with Gasteiger partial charge in [0.1, 0.15) is 5.60 Å². The fourth-order valence-corrected chi connectivity index (χ4v) is 2.33. The standard InChI is InChI=1S/C20H34N4O2/c1-13(2)15-8-10-16(11-9-15)17(12-22-18(21)23-14(3)4)24-19(25)26-20(5,6)7/h8-11,13-14,17H,12H2,1-7H3,(H,24,25)(H3,21,22,23). The first-order valence-corrected chi connectivity index (χ1v) is 9.13. The van der Waals surface area contributed by atoms with Crippen molar-refractivity contribution in [1.29, 1.82) is 0 Å². The van der Waals surface area contributed by atoms with E-state index in [1.165, 1.54) is 5.56 Å². The number of carbonyl (C=O) groups is 1. The molecule has 0 aliphatic heterocycles. The number of aliphatic imine (C=N–C) groups is 1. The van der Waals surface area contributed by atoms with Crippen molar-refractivity contribution < 1.29 is 9.53 Å². The zero-order valence-corrected chi connectivity index (χ0v) is 17.1. The van der Waals surface area contributed by atoms with Crippen molar-refractivity contribution >= 4 is 12.1 Å². The molecule has 146 valence electrons. The van der Waals surface area contributed by atoms with Crippen molar-refractivity contribution in [2.75, 3.05) is 6.54 Å². The van der Waals surface area contributed by atoms with Crippen molar-refractivity contribution in [3.63, 3.8) is 0 Å². The highest BCUT2D eigenvalue weighted by Crippen LogP contribution is 2.20. The van der Waals surface area contributed by atoms with Crippen LogP contribution in [0.4, 0.5) is 4.79 Å². The molecule has 1 atom stereocenters. The maximum absolute atomic E-state index is 12.2. The molecule has 4 N–H and O–H groups in total. The summed E-state index contributed by atoms with van der Waals surface area (Å²) in [6, 6.07) is 8.05. The summed E-state index contributed by atoms with van der Waals surface area (Å²) < 4.78 is 5.38. The Kier molecular flexibility index (Phi) is 7.93. The normalized spacial score (nSPS) is 13.7. The molecule has 1 aromatic rings. The van der Waals surface area contributed by atoms with Gasteiger partial charge in [0.05, 0.1) is 12.6 Å². The number of alkyl carbamates (subject to hydrolysis) is 1. The molecule has 0 radical (unpaired) electrons. The topological polar surface area (TPSA) is 88.7 Å². The Morgan fingerprint density at radius 3 is 2.08 bits per heavy atom. The van der Waals surface area contributed by atoms with E-state index in [-0.39, 0.29) is 12.1 Å². The summed E-state index contributed by atoms with van der Waals surface area (Å²) in [5, 5.41) is 5.94. The van der Waals surface area contributed by atoms with Crippen LogP contribution in [0.3, 0.4) is 0 Å². The van der Waals surface area contributed by atoms with Crippen molar-refractivity contribution in [1.82, 2.24) is 10.6 Å². The molecule has 0 fully saturated rings. The molecule has 0 spiro atoms. The zero-order valence-electron chi connectivity index (χ0n) is 17.1. The predicted octanol–water partition coefficient (Wildman–Crippen LogP) is 3.69. The molecule has 0 aliphatic carbocycles. The van der Waals surface area contributed by atoms with E-state index in [4.69, 9.17) is 10.5 Å². The molecule has 6 nitrogen and oxygen atoms in total. The SMILES string of the molecule is CC(C)NC(N)=NCC(NC(=O)OC(C)(C)C)c1ccc(C(C)C)cc1. The number of nitrogens with zero attached hydrogens (tertiary/aromatic N) is 1. The first-order valence-electron chi connectivity index (χ1n) is 9.13. The summed E-state index contributed by atoms with van der Waals surface area (Å²) in [4.78, 5) is 16.6. The molecule has 0 heterocycles. The number of carbonyl (C=O) groups excluding carboxylic acids is 1. The largest absolute Gasteiger partial charge is 0.444 e. The molecule has 0 saturated heterocycles. The van der Waals surface area contributed by atoms with E-state index in [0.29, 0.717) is 18.4 Å². The number of nitrogens with one attached hydrogen (secondary N) is 2. The molecule has 1 amide bonds. The second kappa shape index (κ2) is 9.46. The average Bonchev–Trinajstić information content (AvgIpc) is 2.49. The van der Waals surface area contributed by atoms with Crippen LogP contribution in [0, 0.1) is 0 Å². The van der Waals surface area contributed by atoms with Crippen LogP contribution in [0.15, 0.2) is 29.3 Å². The molecule has 0 aromatic heterocycles. The number of rotatable bonds is 6. The van der Waals surface area contributed by atoms with Gasteiger partial charge in [-0.25, -0.2) is 4.79 Å². The smallest absolute Gasteiger partial charge is 0.408 e. The Morgan fingerprint density at radius 1 is 1.08 bits per heavy atom. The van der Waals surface area contributed by atoms with E-state index in [0.717, 1.165) is 5.56 Å². The third-order valence-electron chi connectivity index (χ3n) is 3.58. The Hall–Kier alpha value is -2.24. The second-order valence-corrected chi connectivity index (χ2v) is 8.05. The maximum atomic E-state index is 12.2. The molecule has 0 bridgehead atoms. The highest BCUT2D eigenvalue weighted by molar-refractivity contribution is 5.78. The van der Waals surface area contributed by atoms with Crippen LogP contribution in [0.25, 0.3) is 0 Å². The van der Waals surface area contributed by atoms with Gasteiger partial charge in [-0.3, -0.25) is 4.99 Å². The lowest BCUT2D eigenvalue weighted by Gasteiger charge is -2.23. The minimum absolute atomic E-state index is 0.196. The van der Waals surface area contributed by atoms with Gasteiger partial charge in [0.25, 0.3) is 0 Å². The highest BCUT2D eigenvalue weighted by Gasteiger charge is 2.20. The number of nitrogens with two attached hydrogens (primary N) is 1. The quantitative estimate of drug-likeness (QED) is 0.532. The number of ether oxygens (including phenoxy) is 1. The Morgan fingerprint density at radius 2 is 1.62 bits per heavy atom. The van der Waals surface area contributed by atoms with E-state index in [9.17, 15) is 4.79 Å². The van der Waals surface area contributed by atoms with Crippen LogP contribution in [-0.4, -0.2) is 30.2 Å². The van der Waals surface area contributed by atoms with E-state index >= 15 is 0 Å². The maximum Gasteiger partial charge on any atom is 0.408 e. The van der Waals surface area contributed by atoms with Gasteiger partial charge >= 0.3 is 6.09 Å². The van der Waals surface area contributed by atoms with E-state index in [1.54, 1.807) is 0 Å². The lowest BCUT2D eigenvalue weighted by atomic mass is 9.99. The monoisotopic (exact) mass is 362 g/mol. The minimum atomic E-state index is -0.558. The van der Waals surface area contributed by atoms with Gasteiger partial charge in [0, 0.05) is 6.04 Å². The van der Waals surface area contributed by atoms with Crippen molar-refractivity contribution in [2.24, 2.45) is 10.7 Å². The summed E-state index contributed by atoms with van der Waals surface area (Å²) >= 11 is 0. The molecule has 6 heteroatoms. The van der Waals surface area contributed by atoms with E-state index in [2.05, 4.69) is 41.6 Å². The lowest BCUT2D eigenvalue weighted by molar-refractivity contribution is 0.0505. The van der Waals surface area contributed by atoms with Crippen molar-refractivity contribution in [3.8, 4) is 0 Å². The lowest BCUT2D eigenvalue weighted by Crippen LogP contribution is -2.39. The van der Waals surface area contributed by atoms with Crippen LogP contribution in [-0.2, 0) is 4.74 Å². The Bertz CT molecular complexity index is 601. The second-order valence-electron chi connectivity index (χ2n) is 8.05. The van der Waals surface area contributed by atoms with Crippen molar-refractivity contribution in [2.45, 2.75) is 72.1 Å². The molecular formula is C20H34N4O2. The molecule has 1 rings (SSSR count). The van der Waals surface area contributed by atoms with Gasteiger partial charge < -0.3 is 21.1 Å². The molecule has 1 unspecified atom stereocenters. The van der Waals surface area contributed by atoms with Gasteiger partial charge in [0.2, 0.25) is 0 Å². The number of hydrogen-bond donors (Lipinski definition) is 3. The van der Waals surface area contributed by atoms with E-state index in [1.807, 2.05) is 46.8 Å². The van der Waals surface area contributed by atoms with Gasteiger partial charge in [-0.05, 0) is 51.7 Å². The zero-order chi connectivity index (χ0) is 19.9. The van der Waals surface area contributed by atoms with Crippen LogP contribution < -0.4 is 16.4 Å². The number of hydrogen-bond acceptors (Lipinski definition) is 3. The van der Waals surface area contributed by atoms with Gasteiger partial charge in [-0.2, -0.15) is 0 Å². The molecular weight excluding hydrogens is 328 g/mol. The van der Waals surface area contributed by atoms with Crippen LogP contribution in [0.2, 0.25) is 0 Å². The average molecular weight is 363 g/mol. The van der Waals surface area contributed by atoms with Crippen LogP contribution in [0.1, 0.15) is 71.6 Å². The number of amides is 1. The summed E-state index contributed by atoms with van der Waals surface area (Å²) in [5.41, 5.74) is 7.54. The summed E-state index contributed by atoms with van der Waals surface area (Å²) in [5.74, 6) is 0.806. The molecule has 26 heavy (non-hydrogen) atoms. The van der Waals surface area contributed by atoms with Gasteiger partial charge in [-0.15, -0.1) is 0 Å². The summed E-state index contributed by atoms with van der Waals surface area (Å²) in [6.07, 6.45) is -0.471. The van der Waals surface area contributed by atoms with Crippen LogP contribution >= 0.6 is 0 Å². The fraction of sp³-hybridized carbons (Fsp3) is 0.600. The van der Waals surface area contributed by atoms with Gasteiger partial charge in [0.15, 0.2) is 5.96 Å².